The summed E-state index contributed by atoms with van der Waals surface area (Å²) in [4.78, 5) is 11.1. The van der Waals surface area contributed by atoms with Gasteiger partial charge in [0, 0.05) is 0 Å². The molecule has 0 saturated heterocycles. The molecule has 0 amide bonds. The van der Waals surface area contributed by atoms with E-state index in [0.717, 1.165) is 103 Å². The Morgan fingerprint density at radius 1 is 0.190 bits per heavy atom. The molecule has 0 unspecified atom stereocenters. The van der Waals surface area contributed by atoms with Crippen LogP contribution < -0.4 is 95.5 Å². The molecule has 0 saturated carbocycles. The van der Waals surface area contributed by atoms with Gasteiger partial charge >= 0.3 is 688 Å². The Balaban J connectivity index is 0.000000154. The van der Waals surface area contributed by atoms with Gasteiger partial charge in [-0.15, -0.1) is 0 Å². The van der Waals surface area contributed by atoms with E-state index < -0.39 is 35.7 Å². The van der Waals surface area contributed by atoms with E-state index in [1.54, 1.807) is 0 Å². The summed E-state index contributed by atoms with van der Waals surface area (Å²) >= 11 is 25.3. The third-order valence-corrected chi connectivity index (χ3v) is 58.5. The van der Waals surface area contributed by atoms with Crippen molar-refractivity contribution < 1.29 is 4.57 Å². The minimum absolute atomic E-state index is 0.748. The van der Waals surface area contributed by atoms with Crippen LogP contribution in [-0.4, -0.2) is 64.1 Å². The number of fused-ring (bicyclic) bond motifs is 16. The van der Waals surface area contributed by atoms with Crippen LogP contribution >= 0.6 is 35.7 Å². The standard InChI is InChI=1S/C55H39N2OP3SSe.C55H39N2P3SSe2/c58-59(40-19-7-1-8-20-40,41-21-9-2-10-22-41)46-33-36-53-52(38-46)56-55-50-35-32-48(61(63,44-27-15-5-16-28-44)45-29-17-6-18-30-45)37-51(50)49-34-31-47(39-54(49)57(53)55)60(62,42-23-11-3-12-24-42)43-25-13-4-14-26-43;61-58(40-19-7-1-8-20-40,41-21-9-2-10-22-41)46-31-34-49-51-37-47(59(62,42-23-11-3-12-24-42)43-25-13-4-14-26-43)32-35-50(51)55-56-52-38-48(33-36-53(52)57(55)54(49)39-46)60(63,44-27-15-5-16-28-44)45-29-17-6-18-30-45/h2*1-39H. The maximum atomic E-state index is 15.6. The third kappa shape index (κ3) is 14.0. The molecule has 16 heteroatoms. The van der Waals surface area contributed by atoms with Crippen LogP contribution in [0.25, 0.3) is 76.7 Å². The molecule has 0 spiro atoms. The van der Waals surface area contributed by atoms with E-state index in [1.165, 1.54) is 69.1 Å². The number of nitrogens with zero attached hydrogens (tertiary/aromatic N) is 4. The molecule has 0 N–H and O–H groups in total. The van der Waals surface area contributed by atoms with Crippen molar-refractivity contribution >= 4 is 277 Å². The van der Waals surface area contributed by atoms with Crippen LogP contribution in [0.15, 0.2) is 473 Å². The van der Waals surface area contributed by atoms with Crippen molar-refractivity contribution in [3.63, 3.8) is 0 Å². The molecular weight excluding hydrogens is 1880 g/mol. The summed E-state index contributed by atoms with van der Waals surface area (Å²) in [5.74, 6) is 0. The van der Waals surface area contributed by atoms with Crippen LogP contribution in [0.3, 0.4) is 0 Å². The molecule has 0 bridgehead atoms. The molecule has 0 fully saturated rings. The van der Waals surface area contributed by atoms with Crippen molar-refractivity contribution in [3.05, 3.63) is 473 Å². The van der Waals surface area contributed by atoms with Crippen LogP contribution in [-0.2, 0) is 28.2 Å². The molecule has 0 aliphatic heterocycles. The van der Waals surface area contributed by atoms with Gasteiger partial charge < -0.3 is 0 Å². The van der Waals surface area contributed by atoms with E-state index in [0.29, 0.717) is 0 Å². The Morgan fingerprint density at radius 3 is 0.683 bits per heavy atom. The Hall–Kier alpha value is -10.7. The zero-order valence-corrected chi connectivity index (χ0v) is 80.1. The molecule has 0 aliphatic carbocycles. The van der Waals surface area contributed by atoms with E-state index in [4.69, 9.17) is 33.6 Å². The quantitative estimate of drug-likeness (QED) is 0.0487. The van der Waals surface area contributed by atoms with Gasteiger partial charge in [0.15, 0.2) is 0 Å². The van der Waals surface area contributed by atoms with Gasteiger partial charge in [0.1, 0.15) is 0 Å². The summed E-state index contributed by atoms with van der Waals surface area (Å²) in [6, 6.07) is 164. The summed E-state index contributed by atoms with van der Waals surface area (Å²) in [5, 5.41) is 27.5. The number of aromatic nitrogens is 4. The number of hydrogen-bond donors (Lipinski definition) is 0. The summed E-state index contributed by atoms with van der Waals surface area (Å²) in [5.41, 5.74) is 1.19. The Morgan fingerprint density at radius 2 is 0.405 bits per heavy atom. The SMILES string of the molecule is O=P(c1ccccc1)(c1ccccc1)c1ccc2c(c1)nc1c3ccc(P(=[Se])(c4ccccc4)c4ccccc4)cc3c3ccc(P(=S)(c4ccccc4)c4ccccc4)cc3n21.S=P(c1ccccc1)(c1ccccc1)c1ccc2c3cc(P(=[Se])(c4ccccc4)c4ccccc4)ccc3c3nc4cc(P(=[Se])(c5ccccc5)c5ccccc5)ccc4n3c2c1. The average molecular weight is 1960 g/mol. The number of imidazole rings is 2. The van der Waals surface area contributed by atoms with Crippen molar-refractivity contribution in [1.29, 1.82) is 0 Å². The second kappa shape index (κ2) is 34.1. The molecule has 4 heterocycles. The number of rotatable bonds is 18. The first kappa shape index (κ1) is 82.3. The average Bonchev–Trinajstić information content (AvgIpc) is 1.40. The summed E-state index contributed by atoms with van der Waals surface area (Å²) in [7, 11) is -3.26. The second-order valence-corrected chi connectivity index (χ2v) is 61.7. The predicted octanol–water partition coefficient (Wildman–Crippen LogP) is 18.9. The summed E-state index contributed by atoms with van der Waals surface area (Å²) in [6.45, 7) is 0. The van der Waals surface area contributed by atoms with E-state index in [9.17, 15) is 0 Å². The van der Waals surface area contributed by atoms with Gasteiger partial charge in [-0.2, -0.15) is 0 Å². The number of benzene rings is 18. The molecule has 604 valence electrons. The van der Waals surface area contributed by atoms with Gasteiger partial charge in [0.05, 0.1) is 0 Å². The molecular formula is C110H78N4OP6S2Se3. The van der Waals surface area contributed by atoms with Crippen molar-refractivity contribution in [2.75, 3.05) is 0 Å². The van der Waals surface area contributed by atoms with Gasteiger partial charge in [-0.1, -0.05) is 84.9 Å². The molecule has 0 aliphatic rings. The fraction of sp³-hybridized carbons (Fsp3) is 0. The molecule has 0 radical (unpaired) electrons. The first-order valence-electron chi connectivity index (χ1n) is 41.7. The van der Waals surface area contributed by atoms with Gasteiger partial charge in [0.2, 0.25) is 0 Å². The molecule has 22 aromatic rings. The minimum atomic E-state index is -3.26. The van der Waals surface area contributed by atoms with Gasteiger partial charge in [-0.25, -0.2) is 0 Å². The normalized spacial score (nSPS) is 12.3. The fourth-order valence-corrected chi connectivity index (χ4v) is 43.2. The van der Waals surface area contributed by atoms with Crippen LogP contribution in [0.5, 0.6) is 0 Å². The first-order valence-corrected chi connectivity index (χ1v) is 61.0. The zero-order chi connectivity index (χ0) is 85.2. The molecule has 5 nitrogen and oxygen atoms in total. The first-order chi connectivity index (χ1) is 61.8. The Kier molecular flexibility index (Phi) is 22.3. The predicted molar refractivity (Wildman–Crippen MR) is 560 cm³/mol. The van der Waals surface area contributed by atoms with Crippen molar-refractivity contribution in [2.45, 2.75) is 0 Å². The van der Waals surface area contributed by atoms with Gasteiger partial charge in [-0.05, 0) is 0 Å². The van der Waals surface area contributed by atoms with E-state index in [-0.39, 0.29) is 0 Å². The van der Waals surface area contributed by atoms with Crippen molar-refractivity contribution in [3.8, 4) is 0 Å². The molecule has 22 rings (SSSR count). The monoisotopic (exact) mass is 1960 g/mol. The fourth-order valence-electron chi connectivity index (χ4n) is 18.3. The Labute approximate surface area is 766 Å². The van der Waals surface area contributed by atoms with E-state index >= 15 is 4.57 Å². The topological polar surface area (TPSA) is 51.7 Å². The molecule has 126 heavy (non-hydrogen) atoms. The number of pyridine rings is 2. The van der Waals surface area contributed by atoms with Crippen LogP contribution in [0, 0.1) is 0 Å². The van der Waals surface area contributed by atoms with E-state index in [1.807, 2.05) is 66.7 Å². The van der Waals surface area contributed by atoms with Crippen LogP contribution in [0.2, 0.25) is 0 Å². The van der Waals surface area contributed by atoms with Crippen molar-refractivity contribution in [1.82, 2.24) is 18.8 Å². The van der Waals surface area contributed by atoms with Gasteiger partial charge in [0.25, 0.3) is 0 Å². The maximum absolute atomic E-state index is 15.6. The summed E-state index contributed by atoms with van der Waals surface area (Å²) in [6.07, 6.45) is 0. The van der Waals surface area contributed by atoms with E-state index in [2.05, 4.69) is 461 Å². The second-order valence-electron chi connectivity index (χ2n) is 31.4. The Bertz CT molecular complexity index is 7520. The zero-order valence-electron chi connectivity index (χ0n) is 68.0. The third-order valence-electron chi connectivity index (χ3n) is 24.4. The van der Waals surface area contributed by atoms with Gasteiger partial charge in [-0.3, -0.25) is 0 Å². The molecule has 0 atom stereocenters. The molecule has 4 aromatic heterocycles. The van der Waals surface area contributed by atoms with Crippen LogP contribution in [0.4, 0.5) is 0 Å². The van der Waals surface area contributed by atoms with Crippen LogP contribution in [0.1, 0.15) is 0 Å². The number of hydrogen-bond acceptors (Lipinski definition) is 5. The summed E-state index contributed by atoms with van der Waals surface area (Å²) < 4.78 is 20.4. The van der Waals surface area contributed by atoms with Crippen molar-refractivity contribution in [2.24, 2.45) is 0 Å². The molecule has 18 aromatic carbocycles.